The van der Waals surface area contributed by atoms with Crippen LogP contribution in [0.1, 0.15) is 18.4 Å². The van der Waals surface area contributed by atoms with Gasteiger partial charge in [0.05, 0.1) is 6.10 Å². The predicted molar refractivity (Wildman–Crippen MR) is 84.2 cm³/mol. The molecular weight excluding hydrogens is 262 g/mol. The summed E-state index contributed by atoms with van der Waals surface area (Å²) in [5.74, 6) is 0.896. The third-order valence-corrected chi connectivity index (χ3v) is 3.84. The molecule has 1 atom stereocenters. The van der Waals surface area contributed by atoms with Crippen molar-refractivity contribution in [2.24, 2.45) is 5.73 Å². The molecule has 3 heteroatoms. The summed E-state index contributed by atoms with van der Waals surface area (Å²) in [4.78, 5) is 0. The van der Waals surface area contributed by atoms with Crippen LogP contribution in [0.5, 0.6) is 5.75 Å². The summed E-state index contributed by atoms with van der Waals surface area (Å²) >= 11 is 0. The number of ether oxygens (including phenoxy) is 2. The van der Waals surface area contributed by atoms with Crippen LogP contribution in [0.3, 0.4) is 0 Å². The molecule has 1 aliphatic heterocycles. The highest BCUT2D eigenvalue weighted by molar-refractivity contribution is 5.64. The number of hydrogen-bond acceptors (Lipinski definition) is 3. The standard InChI is InChI=1S/C18H21NO2/c19-12-14-3-5-15(6-4-14)16-7-9-17(10-8-16)21-13-18-2-1-11-20-18/h3-10,18H,1-2,11-13,19H2. The Bertz CT molecular complexity index is 557. The zero-order valence-corrected chi connectivity index (χ0v) is 12.1. The normalized spacial score (nSPS) is 17.9. The van der Waals surface area contributed by atoms with Gasteiger partial charge in [0.25, 0.3) is 0 Å². The summed E-state index contributed by atoms with van der Waals surface area (Å²) in [7, 11) is 0. The summed E-state index contributed by atoms with van der Waals surface area (Å²) in [6.07, 6.45) is 2.51. The molecule has 1 aliphatic rings. The molecule has 0 spiro atoms. The van der Waals surface area contributed by atoms with E-state index in [2.05, 4.69) is 36.4 Å². The summed E-state index contributed by atoms with van der Waals surface area (Å²) in [6, 6.07) is 16.5. The van der Waals surface area contributed by atoms with Crippen LogP contribution in [-0.2, 0) is 11.3 Å². The second kappa shape index (κ2) is 6.74. The molecule has 1 fully saturated rings. The van der Waals surface area contributed by atoms with Crippen molar-refractivity contribution in [3.05, 3.63) is 54.1 Å². The first-order valence-electron chi connectivity index (χ1n) is 7.49. The molecule has 110 valence electrons. The first-order chi connectivity index (χ1) is 10.3. The molecule has 3 rings (SSSR count). The monoisotopic (exact) mass is 283 g/mol. The Morgan fingerprint density at radius 1 is 1.00 bits per heavy atom. The zero-order chi connectivity index (χ0) is 14.5. The summed E-state index contributed by atoms with van der Waals surface area (Å²) in [6.45, 7) is 2.09. The second-order valence-electron chi connectivity index (χ2n) is 5.37. The highest BCUT2D eigenvalue weighted by Gasteiger charge is 2.15. The SMILES string of the molecule is NCc1ccc(-c2ccc(OCC3CCCO3)cc2)cc1. The molecule has 0 saturated carbocycles. The van der Waals surface area contributed by atoms with Gasteiger partial charge in [-0.25, -0.2) is 0 Å². The quantitative estimate of drug-likeness (QED) is 0.915. The largest absolute Gasteiger partial charge is 0.491 e. The highest BCUT2D eigenvalue weighted by atomic mass is 16.5. The summed E-state index contributed by atoms with van der Waals surface area (Å²) in [5, 5.41) is 0. The Labute approximate surface area is 125 Å². The fraction of sp³-hybridized carbons (Fsp3) is 0.333. The number of nitrogens with two attached hydrogens (primary N) is 1. The molecule has 0 aliphatic carbocycles. The van der Waals surface area contributed by atoms with Gasteiger partial charge in [-0.05, 0) is 41.7 Å². The average Bonchev–Trinajstić information content (AvgIpc) is 3.07. The van der Waals surface area contributed by atoms with Gasteiger partial charge in [-0.15, -0.1) is 0 Å². The fourth-order valence-electron chi connectivity index (χ4n) is 2.54. The Hall–Kier alpha value is -1.84. The minimum atomic E-state index is 0.258. The van der Waals surface area contributed by atoms with Gasteiger partial charge in [-0.2, -0.15) is 0 Å². The Morgan fingerprint density at radius 2 is 1.67 bits per heavy atom. The molecule has 0 amide bonds. The Kier molecular flexibility index (Phi) is 4.53. The van der Waals surface area contributed by atoms with E-state index in [9.17, 15) is 0 Å². The Morgan fingerprint density at radius 3 is 2.24 bits per heavy atom. The van der Waals surface area contributed by atoms with E-state index in [1.807, 2.05) is 12.1 Å². The predicted octanol–water partition coefficient (Wildman–Crippen LogP) is 3.37. The van der Waals surface area contributed by atoms with Gasteiger partial charge >= 0.3 is 0 Å². The van der Waals surface area contributed by atoms with Crippen molar-refractivity contribution in [2.45, 2.75) is 25.5 Å². The van der Waals surface area contributed by atoms with Gasteiger partial charge < -0.3 is 15.2 Å². The molecule has 0 bridgehead atoms. The minimum absolute atomic E-state index is 0.258. The van der Waals surface area contributed by atoms with Gasteiger partial charge in [-0.1, -0.05) is 36.4 Å². The van der Waals surface area contributed by atoms with Gasteiger partial charge in [0.15, 0.2) is 0 Å². The van der Waals surface area contributed by atoms with Gasteiger partial charge in [0.2, 0.25) is 0 Å². The van der Waals surface area contributed by atoms with Crippen LogP contribution in [0, 0.1) is 0 Å². The lowest BCUT2D eigenvalue weighted by Crippen LogP contribution is -2.16. The molecular formula is C18H21NO2. The topological polar surface area (TPSA) is 44.5 Å². The molecule has 1 saturated heterocycles. The lowest BCUT2D eigenvalue weighted by Gasteiger charge is -2.12. The van der Waals surface area contributed by atoms with E-state index in [0.717, 1.165) is 30.8 Å². The van der Waals surface area contributed by atoms with E-state index < -0.39 is 0 Å². The third-order valence-electron chi connectivity index (χ3n) is 3.84. The Balaban J connectivity index is 1.62. The molecule has 0 radical (unpaired) electrons. The van der Waals surface area contributed by atoms with E-state index in [1.165, 1.54) is 11.1 Å². The van der Waals surface area contributed by atoms with E-state index in [4.69, 9.17) is 15.2 Å². The first-order valence-corrected chi connectivity index (χ1v) is 7.49. The van der Waals surface area contributed by atoms with E-state index in [-0.39, 0.29) is 6.10 Å². The first kappa shape index (κ1) is 14.1. The van der Waals surface area contributed by atoms with Crippen LogP contribution in [-0.4, -0.2) is 19.3 Å². The molecule has 21 heavy (non-hydrogen) atoms. The highest BCUT2D eigenvalue weighted by Crippen LogP contribution is 2.23. The van der Waals surface area contributed by atoms with Crippen molar-refractivity contribution < 1.29 is 9.47 Å². The third kappa shape index (κ3) is 3.63. The molecule has 2 aromatic carbocycles. The van der Waals surface area contributed by atoms with Gasteiger partial charge in [0, 0.05) is 13.2 Å². The van der Waals surface area contributed by atoms with Crippen LogP contribution in [0.2, 0.25) is 0 Å². The van der Waals surface area contributed by atoms with Crippen LogP contribution >= 0.6 is 0 Å². The van der Waals surface area contributed by atoms with E-state index >= 15 is 0 Å². The summed E-state index contributed by atoms with van der Waals surface area (Å²) in [5.41, 5.74) is 9.14. The average molecular weight is 283 g/mol. The second-order valence-corrected chi connectivity index (χ2v) is 5.37. The van der Waals surface area contributed by atoms with Crippen molar-refractivity contribution in [1.82, 2.24) is 0 Å². The lowest BCUT2D eigenvalue weighted by molar-refractivity contribution is 0.0679. The fourth-order valence-corrected chi connectivity index (χ4v) is 2.54. The number of hydrogen-bond donors (Lipinski definition) is 1. The van der Waals surface area contributed by atoms with Crippen LogP contribution < -0.4 is 10.5 Å². The van der Waals surface area contributed by atoms with Crippen molar-refractivity contribution in [2.75, 3.05) is 13.2 Å². The molecule has 1 unspecified atom stereocenters. The lowest BCUT2D eigenvalue weighted by atomic mass is 10.0. The van der Waals surface area contributed by atoms with Gasteiger partial charge in [-0.3, -0.25) is 0 Å². The molecule has 2 N–H and O–H groups in total. The van der Waals surface area contributed by atoms with Crippen LogP contribution in [0.4, 0.5) is 0 Å². The molecule has 0 aromatic heterocycles. The van der Waals surface area contributed by atoms with E-state index in [1.54, 1.807) is 0 Å². The van der Waals surface area contributed by atoms with Crippen LogP contribution in [0.15, 0.2) is 48.5 Å². The van der Waals surface area contributed by atoms with Gasteiger partial charge in [0.1, 0.15) is 12.4 Å². The van der Waals surface area contributed by atoms with Crippen molar-refractivity contribution >= 4 is 0 Å². The van der Waals surface area contributed by atoms with Crippen molar-refractivity contribution in [3.63, 3.8) is 0 Å². The molecule has 1 heterocycles. The number of rotatable bonds is 5. The maximum Gasteiger partial charge on any atom is 0.119 e. The minimum Gasteiger partial charge on any atom is -0.491 e. The zero-order valence-electron chi connectivity index (χ0n) is 12.1. The smallest absolute Gasteiger partial charge is 0.119 e. The maximum atomic E-state index is 5.78. The van der Waals surface area contributed by atoms with E-state index in [0.29, 0.717) is 13.2 Å². The van der Waals surface area contributed by atoms with Crippen molar-refractivity contribution in [3.8, 4) is 16.9 Å². The molecule has 3 nitrogen and oxygen atoms in total. The number of benzene rings is 2. The summed E-state index contributed by atoms with van der Waals surface area (Å²) < 4.78 is 11.3. The maximum absolute atomic E-state index is 5.78. The molecule has 2 aromatic rings. The van der Waals surface area contributed by atoms with Crippen LogP contribution in [0.25, 0.3) is 11.1 Å². The van der Waals surface area contributed by atoms with Crippen molar-refractivity contribution in [1.29, 1.82) is 0 Å².